The smallest absolute Gasteiger partial charge is 0.122 e. The van der Waals surface area contributed by atoms with Gasteiger partial charge in [0.25, 0.3) is 0 Å². The molecule has 0 saturated carbocycles. The first-order chi connectivity index (χ1) is 18.5. The molecule has 0 aliphatic heterocycles. The number of carbonyl (C=O) groups excluding carboxylic acids is 1. The van der Waals surface area contributed by atoms with Crippen LogP contribution in [0.3, 0.4) is 0 Å². The molecule has 0 fully saturated rings. The van der Waals surface area contributed by atoms with E-state index in [1.807, 2.05) is 6.79 Å². The van der Waals surface area contributed by atoms with Crippen LogP contribution in [0.4, 0.5) is 0 Å². The number of halogens is 4. The molecule has 6 aromatic carbocycles. The average molecular weight is 952 g/mol. The molecule has 0 aromatic heterocycles. The van der Waals surface area contributed by atoms with Crippen molar-refractivity contribution in [1.29, 1.82) is 4.16 Å². The van der Waals surface area contributed by atoms with Gasteiger partial charge in [-0.1, -0.05) is 117 Å². The van der Waals surface area contributed by atoms with Crippen molar-refractivity contribution in [3.63, 3.8) is 0 Å². The molecule has 0 atom stereocenters. The van der Waals surface area contributed by atoms with Crippen LogP contribution < -0.4 is 0 Å². The minimum Gasteiger partial charge on any atom is -0.307 e. The Hall–Kier alpha value is -1.51. The van der Waals surface area contributed by atoms with Crippen molar-refractivity contribution in [1.82, 2.24) is 0 Å². The highest BCUT2D eigenvalue weighted by Crippen LogP contribution is 2.24. The maximum Gasteiger partial charge on any atom is 0.122 e. The van der Waals surface area contributed by atoms with E-state index in [2.05, 4.69) is 195 Å². The molecule has 0 aliphatic carbocycles. The molecule has 0 heterocycles. The molecule has 0 amide bonds. The number of hydrogen-bond donors (Lipinski definition) is 1. The van der Waals surface area contributed by atoms with Crippen molar-refractivity contribution in [2.24, 2.45) is 0 Å². The van der Waals surface area contributed by atoms with E-state index in [0.717, 1.165) is 0 Å². The second-order valence-corrected chi connectivity index (χ2v) is 10.9. The van der Waals surface area contributed by atoms with E-state index in [1.165, 1.54) is 43.0 Å². The van der Waals surface area contributed by atoms with E-state index >= 15 is 0 Å². The quantitative estimate of drug-likeness (QED) is 0.151. The zero-order chi connectivity index (χ0) is 27.8. The van der Waals surface area contributed by atoms with Crippen LogP contribution in [-0.2, 0) is 4.79 Å². The topological polar surface area (TPSA) is 40.9 Å². The van der Waals surface area contributed by atoms with Gasteiger partial charge in [0, 0.05) is 10.7 Å². The Morgan fingerprint density at radius 1 is 0.500 bits per heavy atom. The summed E-state index contributed by atoms with van der Waals surface area (Å²) in [6.07, 6.45) is 0. The number of carbonyl (C=O) groups is 1. The lowest BCUT2D eigenvalue weighted by Gasteiger charge is -2.01. The van der Waals surface area contributed by atoms with Crippen LogP contribution in [-0.4, -0.2) is 7.38 Å². The number of benzene rings is 6. The normalized spacial score (nSPS) is 9.50. The maximum atomic E-state index is 8.00. The largest absolute Gasteiger partial charge is 0.307 e. The van der Waals surface area contributed by atoms with Crippen LogP contribution in [0.2, 0.25) is 0 Å². The molecule has 0 aliphatic rings. The average Bonchev–Trinajstić information content (AvgIpc) is 2.96. The van der Waals surface area contributed by atoms with Gasteiger partial charge in [0.15, 0.2) is 0 Å². The van der Waals surface area contributed by atoms with Crippen LogP contribution in [0.1, 0.15) is 7.43 Å². The van der Waals surface area contributed by atoms with Crippen LogP contribution in [0.15, 0.2) is 127 Å². The van der Waals surface area contributed by atoms with Gasteiger partial charge in [-0.3, -0.25) is 3.56 Å². The first kappa shape index (κ1) is 32.7. The first-order valence-electron chi connectivity index (χ1n) is 11.4. The second-order valence-electron chi connectivity index (χ2n) is 7.38. The molecule has 1 N–H and O–H groups in total. The van der Waals surface area contributed by atoms with Crippen molar-refractivity contribution >= 4 is 129 Å². The minimum absolute atomic E-state index is 0. The molecule has 196 valence electrons. The summed E-state index contributed by atoms with van der Waals surface area (Å²) in [5.74, 6) is 0. The minimum atomic E-state index is -0.910. The lowest BCUT2D eigenvalue weighted by atomic mass is 10.1. The lowest BCUT2D eigenvalue weighted by molar-refractivity contribution is -0.0979. The van der Waals surface area contributed by atoms with E-state index in [4.69, 9.17) is 8.95 Å². The summed E-state index contributed by atoms with van der Waals surface area (Å²) in [5.41, 5.74) is 0. The number of fused-ring (bicyclic) bond motifs is 3. The van der Waals surface area contributed by atoms with Gasteiger partial charge in [-0.25, -0.2) is 0 Å². The Labute approximate surface area is 280 Å². The highest BCUT2D eigenvalue weighted by molar-refractivity contribution is 14.1. The summed E-state index contributed by atoms with van der Waals surface area (Å²) < 4.78 is 15.9. The van der Waals surface area contributed by atoms with Crippen LogP contribution in [0.5, 0.6) is 0 Å². The summed E-state index contributed by atoms with van der Waals surface area (Å²) in [4.78, 5) is 8.00. The van der Waals surface area contributed by atoms with Gasteiger partial charge >= 0.3 is 0 Å². The summed E-state index contributed by atoms with van der Waals surface area (Å²) in [5, 5.41) is 7.99. The Balaban J connectivity index is 0.000000268. The highest BCUT2D eigenvalue weighted by Gasteiger charge is 1.99. The fraction of sp³-hybridized carbons (Fsp3) is 0.0312. The molecule has 0 bridgehead atoms. The molecule has 0 spiro atoms. The third kappa shape index (κ3) is 10.2. The third-order valence-electron chi connectivity index (χ3n) is 5.21. The van der Waals surface area contributed by atoms with Crippen molar-refractivity contribution in [2.45, 2.75) is 7.43 Å². The summed E-state index contributed by atoms with van der Waals surface area (Å²) in [6.45, 7) is 2.00. The molecule has 6 heteroatoms. The maximum absolute atomic E-state index is 8.00. The third-order valence-corrected chi connectivity index (χ3v) is 8.03. The lowest BCUT2D eigenvalue weighted by Crippen LogP contribution is -1.79. The SMILES string of the molecule is C.C=O.Ic1cccc2c(I)cccc12.Ic1cccc2ccccc12.[2H]I=N.c1ccc2ccccc2c1. The van der Waals surface area contributed by atoms with Crippen LogP contribution in [0.25, 0.3) is 32.3 Å². The predicted molar refractivity (Wildman–Crippen MR) is 202 cm³/mol. The number of hydrogen-bond acceptors (Lipinski definition) is 2. The fourth-order valence-electron chi connectivity index (χ4n) is 3.55. The molecular formula is C32H29I4NO. The van der Waals surface area contributed by atoms with E-state index in [1.54, 1.807) is 0 Å². The highest BCUT2D eigenvalue weighted by atomic mass is 127. The zero-order valence-electron chi connectivity index (χ0n) is 20.8. The molecule has 6 aromatic rings. The molecule has 2 nitrogen and oxygen atoms in total. The zero-order valence-corrected chi connectivity index (χ0v) is 28.4. The summed E-state index contributed by atoms with van der Waals surface area (Å²) >= 11 is 6.19. The van der Waals surface area contributed by atoms with Crippen molar-refractivity contribution in [3.05, 3.63) is 138 Å². The molecule has 0 saturated heterocycles. The van der Waals surface area contributed by atoms with Crippen LogP contribution in [0, 0.1) is 14.3 Å². The van der Waals surface area contributed by atoms with Crippen molar-refractivity contribution < 1.29 is 4.79 Å². The number of nitrogens with one attached hydrogen (secondary N) is 1. The molecular weight excluding hydrogens is 922 g/mol. The Morgan fingerprint density at radius 3 is 1.16 bits per heavy atom. The molecule has 0 unspecified atom stereocenters. The summed E-state index contributed by atoms with van der Waals surface area (Å²) in [7, 11) is 0. The van der Waals surface area contributed by atoms with Crippen molar-refractivity contribution in [2.75, 3.05) is 0 Å². The van der Waals surface area contributed by atoms with Gasteiger partial charge in [-0.2, -0.15) is 0 Å². The predicted octanol–water partition coefficient (Wildman–Crippen LogP) is 11.7. The second kappa shape index (κ2) is 19.5. The monoisotopic (exact) mass is 952 g/mol. The standard InChI is InChI=1S/C10H6I2.C10H7I.C10H8.CH2O.CH4.H2IN/c11-9-5-1-3-7-8(9)4-2-6-10(7)12;11-10-7-3-5-8-4-1-2-6-9(8)10;1-2-6-10-8-4-3-7-9(10)5-1;1-2;;1-2/h1-6H;1-7H;1-8H;1H2;1H4;1-2H/i;;;;;1D. The first-order valence-corrected chi connectivity index (χ1v) is 15.3. The van der Waals surface area contributed by atoms with Crippen LogP contribution >= 0.6 is 90.0 Å². The van der Waals surface area contributed by atoms with Crippen molar-refractivity contribution in [3.8, 4) is 0 Å². The summed E-state index contributed by atoms with van der Waals surface area (Å²) in [6, 6.07) is 44.3. The van der Waals surface area contributed by atoms with E-state index in [-0.39, 0.29) is 7.43 Å². The van der Waals surface area contributed by atoms with Gasteiger partial charge in [0.1, 0.15) is 7.38 Å². The van der Waals surface area contributed by atoms with Gasteiger partial charge in [-0.05, 0) is 141 Å². The Morgan fingerprint density at radius 2 is 0.763 bits per heavy atom. The van der Waals surface area contributed by atoms with Gasteiger partial charge < -0.3 is 4.79 Å². The van der Waals surface area contributed by atoms with E-state index < -0.39 is 22.2 Å². The Kier molecular flexibility index (Phi) is 16.8. The fourth-order valence-corrected chi connectivity index (χ4v) is 5.61. The van der Waals surface area contributed by atoms with Gasteiger partial charge in [0.2, 0.25) is 0 Å². The van der Waals surface area contributed by atoms with Gasteiger partial charge in [0.05, 0.1) is 0 Å². The Bertz CT molecular complexity index is 1480. The molecule has 6 rings (SSSR count). The van der Waals surface area contributed by atoms with E-state index in [9.17, 15) is 0 Å². The number of rotatable bonds is 0. The molecule has 0 radical (unpaired) electrons. The van der Waals surface area contributed by atoms with E-state index in [0.29, 0.717) is 0 Å². The molecule has 38 heavy (non-hydrogen) atoms. The van der Waals surface area contributed by atoms with Gasteiger partial charge in [-0.15, -0.1) is 0 Å².